The first kappa shape index (κ1) is 18.1. The third-order valence-electron chi connectivity index (χ3n) is 3.69. The molecule has 1 heterocycles. The third kappa shape index (κ3) is 3.92. The van der Waals surface area contributed by atoms with Crippen LogP contribution >= 0.6 is 11.3 Å². The molecule has 0 saturated heterocycles. The van der Waals surface area contributed by atoms with E-state index in [1.807, 2.05) is 29.6 Å². The summed E-state index contributed by atoms with van der Waals surface area (Å²) < 4.78 is 25.9. The van der Waals surface area contributed by atoms with Gasteiger partial charge in [0.2, 0.25) is 5.91 Å². The maximum Gasteiger partial charge on any atom is 0.276 e. The van der Waals surface area contributed by atoms with Crippen LogP contribution in [-0.4, -0.2) is 20.0 Å². The van der Waals surface area contributed by atoms with Crippen LogP contribution in [0.1, 0.15) is 19.4 Å². The highest BCUT2D eigenvalue weighted by Crippen LogP contribution is 2.26. The van der Waals surface area contributed by atoms with E-state index in [2.05, 4.69) is 15.2 Å². The Labute approximate surface area is 155 Å². The first-order valence-electron chi connectivity index (χ1n) is 7.77. The smallest absolute Gasteiger partial charge is 0.276 e. The molecule has 8 heteroatoms. The summed E-state index contributed by atoms with van der Waals surface area (Å²) in [4.78, 5) is 13.4. The molecule has 0 aliphatic heterocycles. The second-order valence-corrected chi connectivity index (χ2v) is 8.22. The van der Waals surface area contributed by atoms with Gasteiger partial charge in [-0.15, -0.1) is 11.3 Å². The van der Waals surface area contributed by atoms with Gasteiger partial charge in [-0.25, -0.2) is 0 Å². The standard InChI is InChI=1S/C18H17N3O3S2/c1-12(17-11-25-18-6-4-3-5-16(17)18)20-21-26(23,24)15-9-7-14(8-10-15)19-13(2)22/h3-11,21H,1-2H3,(H,19,22)/b20-12-. The van der Waals surface area contributed by atoms with Crippen molar-refractivity contribution in [3.63, 3.8) is 0 Å². The number of nitrogens with one attached hydrogen (secondary N) is 2. The minimum Gasteiger partial charge on any atom is -0.326 e. The van der Waals surface area contributed by atoms with Crippen molar-refractivity contribution in [3.8, 4) is 0 Å². The largest absolute Gasteiger partial charge is 0.326 e. The second kappa shape index (κ2) is 7.27. The average Bonchev–Trinajstić information content (AvgIpc) is 3.04. The quantitative estimate of drug-likeness (QED) is 0.518. The first-order chi connectivity index (χ1) is 12.4. The number of carbonyl (C=O) groups excluding carboxylic acids is 1. The lowest BCUT2D eigenvalue weighted by Gasteiger charge is -2.07. The van der Waals surface area contributed by atoms with Gasteiger partial charge in [-0.2, -0.15) is 18.4 Å². The van der Waals surface area contributed by atoms with E-state index < -0.39 is 10.0 Å². The number of fused-ring (bicyclic) bond motifs is 1. The van der Waals surface area contributed by atoms with Gasteiger partial charge in [-0.3, -0.25) is 4.79 Å². The molecule has 0 unspecified atom stereocenters. The minimum atomic E-state index is -3.79. The molecule has 3 aromatic rings. The Morgan fingerprint density at radius 2 is 1.73 bits per heavy atom. The number of amides is 1. The summed E-state index contributed by atoms with van der Waals surface area (Å²) in [5.74, 6) is -0.220. The molecule has 0 atom stereocenters. The molecule has 3 rings (SSSR count). The molecule has 0 aliphatic carbocycles. The monoisotopic (exact) mass is 387 g/mol. The number of thiophene rings is 1. The predicted octanol–water partition coefficient (Wildman–Crippen LogP) is 3.56. The highest BCUT2D eigenvalue weighted by Gasteiger charge is 2.14. The van der Waals surface area contributed by atoms with Gasteiger partial charge < -0.3 is 5.32 Å². The summed E-state index contributed by atoms with van der Waals surface area (Å²) in [5, 5.41) is 9.64. The lowest BCUT2D eigenvalue weighted by molar-refractivity contribution is -0.114. The van der Waals surface area contributed by atoms with Crippen molar-refractivity contribution in [1.29, 1.82) is 0 Å². The van der Waals surface area contributed by atoms with Gasteiger partial charge in [0.15, 0.2) is 0 Å². The van der Waals surface area contributed by atoms with E-state index in [4.69, 9.17) is 0 Å². The number of carbonyl (C=O) groups is 1. The van der Waals surface area contributed by atoms with Crippen molar-refractivity contribution in [1.82, 2.24) is 4.83 Å². The molecule has 0 bridgehead atoms. The van der Waals surface area contributed by atoms with Crippen LogP contribution in [0.4, 0.5) is 5.69 Å². The Bertz CT molecular complexity index is 1080. The SMILES string of the molecule is CC(=O)Nc1ccc(S(=O)(=O)N/N=C(/C)c2csc3ccccc23)cc1. The highest BCUT2D eigenvalue weighted by atomic mass is 32.2. The maximum atomic E-state index is 12.4. The molecular weight excluding hydrogens is 370 g/mol. The van der Waals surface area contributed by atoms with Crippen LogP contribution in [0.5, 0.6) is 0 Å². The van der Waals surface area contributed by atoms with E-state index in [0.29, 0.717) is 11.4 Å². The van der Waals surface area contributed by atoms with Crippen LogP contribution in [0, 0.1) is 0 Å². The zero-order valence-electron chi connectivity index (χ0n) is 14.2. The molecule has 0 spiro atoms. The van der Waals surface area contributed by atoms with E-state index in [-0.39, 0.29) is 10.8 Å². The molecule has 134 valence electrons. The fourth-order valence-electron chi connectivity index (χ4n) is 2.42. The van der Waals surface area contributed by atoms with E-state index >= 15 is 0 Å². The van der Waals surface area contributed by atoms with Gasteiger partial charge in [-0.05, 0) is 37.3 Å². The Morgan fingerprint density at radius 1 is 1.04 bits per heavy atom. The summed E-state index contributed by atoms with van der Waals surface area (Å²) in [6.07, 6.45) is 0. The first-order valence-corrected chi connectivity index (χ1v) is 10.1. The molecular formula is C18H17N3O3S2. The number of nitrogens with zero attached hydrogens (tertiary/aromatic N) is 1. The van der Waals surface area contributed by atoms with Crippen LogP contribution in [0.15, 0.2) is 63.9 Å². The molecule has 0 saturated carbocycles. The molecule has 0 radical (unpaired) electrons. The van der Waals surface area contributed by atoms with Crippen molar-refractivity contribution in [2.24, 2.45) is 5.10 Å². The number of hydrazone groups is 1. The fraction of sp³-hybridized carbons (Fsp3) is 0.111. The van der Waals surface area contributed by atoms with Gasteiger partial charge in [0.05, 0.1) is 10.6 Å². The van der Waals surface area contributed by atoms with Crippen LogP contribution in [0.25, 0.3) is 10.1 Å². The molecule has 0 fully saturated rings. The van der Waals surface area contributed by atoms with Crippen molar-refractivity contribution < 1.29 is 13.2 Å². The Hall–Kier alpha value is -2.71. The minimum absolute atomic E-state index is 0.0679. The summed E-state index contributed by atoms with van der Waals surface area (Å²) in [5.41, 5.74) is 2.01. The topological polar surface area (TPSA) is 87.6 Å². The lowest BCUT2D eigenvalue weighted by Crippen LogP contribution is -2.20. The van der Waals surface area contributed by atoms with Crippen molar-refractivity contribution in [3.05, 3.63) is 59.5 Å². The molecule has 6 nitrogen and oxygen atoms in total. The van der Waals surface area contributed by atoms with Crippen LogP contribution in [0.3, 0.4) is 0 Å². The lowest BCUT2D eigenvalue weighted by atomic mass is 10.1. The van der Waals surface area contributed by atoms with Crippen molar-refractivity contribution in [2.45, 2.75) is 18.7 Å². The Balaban J connectivity index is 1.80. The maximum absolute atomic E-state index is 12.4. The zero-order chi connectivity index (χ0) is 18.7. The predicted molar refractivity (Wildman–Crippen MR) is 105 cm³/mol. The van der Waals surface area contributed by atoms with Crippen LogP contribution in [0.2, 0.25) is 0 Å². The third-order valence-corrected chi connectivity index (χ3v) is 5.88. The van der Waals surface area contributed by atoms with Gasteiger partial charge in [0.25, 0.3) is 10.0 Å². The number of rotatable bonds is 5. The highest BCUT2D eigenvalue weighted by molar-refractivity contribution is 7.89. The summed E-state index contributed by atoms with van der Waals surface area (Å²) in [6.45, 7) is 3.15. The molecule has 1 aromatic heterocycles. The summed E-state index contributed by atoms with van der Waals surface area (Å²) >= 11 is 1.59. The van der Waals surface area contributed by atoms with Crippen LogP contribution < -0.4 is 10.1 Å². The van der Waals surface area contributed by atoms with E-state index in [0.717, 1.165) is 15.6 Å². The number of sulfonamides is 1. The van der Waals surface area contributed by atoms with Gasteiger partial charge in [-0.1, -0.05) is 18.2 Å². The van der Waals surface area contributed by atoms with Gasteiger partial charge in [0.1, 0.15) is 0 Å². The van der Waals surface area contributed by atoms with E-state index in [1.54, 1.807) is 18.3 Å². The second-order valence-electron chi connectivity index (χ2n) is 5.64. The van der Waals surface area contributed by atoms with E-state index in [9.17, 15) is 13.2 Å². The number of hydrogen-bond donors (Lipinski definition) is 2. The fourth-order valence-corrected chi connectivity index (χ4v) is 4.28. The van der Waals surface area contributed by atoms with Crippen LogP contribution in [-0.2, 0) is 14.8 Å². The normalized spacial score (nSPS) is 12.2. The Morgan fingerprint density at radius 3 is 2.42 bits per heavy atom. The Kier molecular flexibility index (Phi) is 5.06. The summed E-state index contributed by atoms with van der Waals surface area (Å²) in [6, 6.07) is 13.8. The molecule has 1 amide bonds. The molecule has 0 aliphatic rings. The average molecular weight is 387 g/mol. The summed E-state index contributed by atoms with van der Waals surface area (Å²) in [7, 11) is -3.79. The van der Waals surface area contributed by atoms with Crippen molar-refractivity contribution in [2.75, 3.05) is 5.32 Å². The van der Waals surface area contributed by atoms with Gasteiger partial charge in [0, 0.05) is 33.6 Å². The number of hydrogen-bond acceptors (Lipinski definition) is 5. The van der Waals surface area contributed by atoms with E-state index in [1.165, 1.54) is 31.2 Å². The zero-order valence-corrected chi connectivity index (χ0v) is 15.8. The molecule has 2 N–H and O–H groups in total. The molecule has 26 heavy (non-hydrogen) atoms. The van der Waals surface area contributed by atoms with Crippen molar-refractivity contribution >= 4 is 48.8 Å². The number of anilines is 1. The molecule has 2 aromatic carbocycles. The van der Waals surface area contributed by atoms with Gasteiger partial charge >= 0.3 is 0 Å². The number of benzene rings is 2.